The molecule has 0 saturated carbocycles. The van der Waals surface area contributed by atoms with Crippen LogP contribution >= 0.6 is 0 Å². The molecule has 0 aliphatic carbocycles. The van der Waals surface area contributed by atoms with E-state index in [2.05, 4.69) is 9.47 Å². The van der Waals surface area contributed by atoms with Gasteiger partial charge in [-0.25, -0.2) is 9.59 Å². The van der Waals surface area contributed by atoms with Crippen LogP contribution < -0.4 is 15.3 Å². The third-order valence-electron chi connectivity index (χ3n) is 1.41. The van der Waals surface area contributed by atoms with Gasteiger partial charge in [0.2, 0.25) is 0 Å². The number of carbonyl (C=O) groups is 4. The third-order valence-corrected chi connectivity index (χ3v) is 1.41. The van der Waals surface area contributed by atoms with Gasteiger partial charge in [0.25, 0.3) is 0 Å². The summed E-state index contributed by atoms with van der Waals surface area (Å²) < 4.78 is 9.17. The molecular formula is C17H25NdO9. The molecule has 0 aliphatic rings. The van der Waals surface area contributed by atoms with E-state index in [0.717, 1.165) is 12.2 Å². The first-order valence-electron chi connectivity index (χ1n) is 7.63. The quantitative estimate of drug-likeness (QED) is 0.294. The number of carboxylic acid groups (broad SMARTS) is 2. The van der Waals surface area contributed by atoms with Crippen LogP contribution in [0.3, 0.4) is 0 Å². The summed E-state index contributed by atoms with van der Waals surface area (Å²) in [4.78, 5) is 40.7. The number of hydrogen-bond donors (Lipinski definition) is 0. The zero-order valence-corrected chi connectivity index (χ0v) is 19.4. The van der Waals surface area contributed by atoms with Crippen LogP contribution in [-0.2, 0) is 28.7 Å². The van der Waals surface area contributed by atoms with Crippen molar-refractivity contribution in [3.63, 3.8) is 0 Å². The number of esters is 2. The molecule has 0 aromatic rings. The van der Waals surface area contributed by atoms with E-state index in [4.69, 9.17) is 0 Å². The Morgan fingerprint density at radius 2 is 0.889 bits per heavy atom. The topological polar surface area (TPSA) is 156 Å². The Balaban J connectivity index is -0.000000159. The summed E-state index contributed by atoms with van der Waals surface area (Å²) in [5.41, 5.74) is 0. The maximum absolute atomic E-state index is 10.6. The van der Waals surface area contributed by atoms with Crippen molar-refractivity contribution in [3.8, 4) is 0 Å². The van der Waals surface area contributed by atoms with Crippen LogP contribution in [0.1, 0.15) is 41.5 Å². The van der Waals surface area contributed by atoms with Gasteiger partial charge in [0, 0.05) is 12.2 Å². The van der Waals surface area contributed by atoms with Crippen molar-refractivity contribution in [1.29, 1.82) is 0 Å². The number of ether oxygens (including phenoxy) is 2. The van der Waals surface area contributed by atoms with E-state index < -0.39 is 30.0 Å². The van der Waals surface area contributed by atoms with Crippen LogP contribution in [0.25, 0.3) is 0 Å². The molecule has 0 unspecified atom stereocenters. The van der Waals surface area contributed by atoms with Gasteiger partial charge in [0.05, 0.1) is 24.1 Å². The number of hydrogen-bond acceptors (Lipinski definition) is 9. The second kappa shape index (κ2) is 21.0. The van der Waals surface area contributed by atoms with Gasteiger partial charge >= 0.3 is 52.8 Å². The van der Waals surface area contributed by atoms with Crippen molar-refractivity contribution >= 4 is 23.9 Å². The zero-order chi connectivity index (χ0) is 21.3. The minimum absolute atomic E-state index is 0. The Kier molecular flexibility index (Phi) is 25.8. The molecular weight excluding hydrogens is 492 g/mol. The molecule has 0 fully saturated rings. The number of rotatable bonds is 6. The minimum atomic E-state index is -1.41. The van der Waals surface area contributed by atoms with E-state index in [-0.39, 0.29) is 53.0 Å². The van der Waals surface area contributed by atoms with E-state index in [9.17, 15) is 34.5 Å². The predicted octanol–water partition coefficient (Wildman–Crippen LogP) is -1.76. The van der Waals surface area contributed by atoms with Gasteiger partial charge in [-0.15, -0.1) is 6.10 Å². The summed E-state index contributed by atoms with van der Waals surface area (Å²) in [6.07, 6.45) is 1.99. The summed E-state index contributed by atoms with van der Waals surface area (Å²) in [5, 5.41) is 29.1. The van der Waals surface area contributed by atoms with Crippen LogP contribution in [0, 0.1) is 40.8 Å². The molecule has 27 heavy (non-hydrogen) atoms. The number of carboxylic acids is 2. The molecule has 0 aromatic carbocycles. The van der Waals surface area contributed by atoms with Crippen LogP contribution in [0.15, 0.2) is 24.3 Å². The Bertz CT molecular complexity index is 450. The molecule has 0 N–H and O–H groups in total. The standard InChI is InChI=1S/2C7H10O4.C3H7O.Nd/c2*1-5(2)11-7(10)4-3-6(8)9;1-3(2)4;/h2*3-5H,1-2H3,(H,8,9);3H,1-2H3;/q;;-1;+3/p-2/b2*4-3+;;. The fourth-order valence-corrected chi connectivity index (χ4v) is 0.815. The Labute approximate surface area is 191 Å². The van der Waals surface area contributed by atoms with Crippen LogP contribution in [-0.4, -0.2) is 42.2 Å². The third kappa shape index (κ3) is 45.6. The largest absolute Gasteiger partial charge is 3.00 e. The Morgan fingerprint density at radius 3 is 1.04 bits per heavy atom. The summed E-state index contributed by atoms with van der Waals surface area (Å²) in [7, 11) is 0. The first kappa shape index (κ1) is 33.3. The smallest absolute Gasteiger partial charge is 0.852 e. The van der Waals surface area contributed by atoms with Gasteiger partial charge in [-0.3, -0.25) is 0 Å². The summed E-state index contributed by atoms with van der Waals surface area (Å²) >= 11 is 0. The van der Waals surface area contributed by atoms with Gasteiger partial charge < -0.3 is 34.4 Å². The normalized spacial score (nSPS) is 9.85. The zero-order valence-electron chi connectivity index (χ0n) is 16.2. The molecule has 0 rings (SSSR count). The first-order chi connectivity index (χ1) is 11.8. The van der Waals surface area contributed by atoms with Crippen molar-refractivity contribution in [2.45, 2.75) is 59.9 Å². The second-order valence-corrected chi connectivity index (χ2v) is 5.32. The molecule has 0 bridgehead atoms. The molecule has 151 valence electrons. The summed E-state index contributed by atoms with van der Waals surface area (Å²) in [5.74, 6) is -4.18. The van der Waals surface area contributed by atoms with E-state index in [1.165, 1.54) is 0 Å². The van der Waals surface area contributed by atoms with E-state index in [1.54, 1.807) is 41.5 Å². The van der Waals surface area contributed by atoms with Crippen LogP contribution in [0.2, 0.25) is 0 Å². The van der Waals surface area contributed by atoms with E-state index >= 15 is 0 Å². The maximum atomic E-state index is 10.6. The molecule has 0 spiro atoms. The molecule has 9 nitrogen and oxygen atoms in total. The molecule has 0 atom stereocenters. The Morgan fingerprint density at radius 1 is 0.667 bits per heavy atom. The van der Waals surface area contributed by atoms with Gasteiger partial charge in [0.15, 0.2) is 0 Å². The van der Waals surface area contributed by atoms with Crippen LogP contribution in [0.4, 0.5) is 0 Å². The minimum Gasteiger partial charge on any atom is -0.852 e. The second-order valence-electron chi connectivity index (χ2n) is 5.32. The van der Waals surface area contributed by atoms with Gasteiger partial charge in [-0.05, 0) is 39.8 Å². The molecule has 0 saturated heterocycles. The van der Waals surface area contributed by atoms with E-state index in [0.29, 0.717) is 12.2 Å². The average Bonchev–Trinajstić information content (AvgIpc) is 2.41. The predicted molar refractivity (Wildman–Crippen MR) is 85.9 cm³/mol. The SMILES string of the molecule is CC(C)OC(=O)/C=C/C(=O)[O-].CC(C)OC(=O)/C=C/C(=O)[O-].CC(C)[O-].[Nd+3]. The van der Waals surface area contributed by atoms with Crippen molar-refractivity contribution < 1.29 is 84.8 Å². The van der Waals surface area contributed by atoms with Gasteiger partial charge in [-0.1, -0.05) is 13.8 Å². The van der Waals surface area contributed by atoms with Crippen LogP contribution in [0.5, 0.6) is 0 Å². The molecule has 0 heterocycles. The fourth-order valence-electron chi connectivity index (χ4n) is 0.815. The Hall–Kier alpha value is -1.33. The molecule has 0 aromatic heterocycles. The fraction of sp³-hybridized carbons (Fsp3) is 0.529. The average molecular weight is 518 g/mol. The molecule has 0 amide bonds. The van der Waals surface area contributed by atoms with Crippen molar-refractivity contribution in [2.75, 3.05) is 0 Å². The number of aliphatic carboxylic acids is 2. The molecule has 1 radical (unpaired) electrons. The van der Waals surface area contributed by atoms with E-state index in [1.807, 2.05) is 0 Å². The monoisotopic (exact) mass is 515 g/mol. The van der Waals surface area contributed by atoms with Crippen molar-refractivity contribution in [1.82, 2.24) is 0 Å². The first-order valence-corrected chi connectivity index (χ1v) is 7.63. The van der Waals surface area contributed by atoms with Crippen molar-refractivity contribution in [2.24, 2.45) is 0 Å². The number of carbonyl (C=O) groups excluding carboxylic acids is 4. The maximum Gasteiger partial charge on any atom is 3.00 e. The van der Waals surface area contributed by atoms with Gasteiger partial charge in [0.1, 0.15) is 0 Å². The van der Waals surface area contributed by atoms with Crippen molar-refractivity contribution in [3.05, 3.63) is 24.3 Å². The summed E-state index contributed by atoms with van der Waals surface area (Å²) in [6, 6.07) is 0. The summed E-state index contributed by atoms with van der Waals surface area (Å²) in [6.45, 7) is 9.91. The molecule has 10 heteroatoms. The molecule has 0 aliphatic heterocycles. The van der Waals surface area contributed by atoms with Gasteiger partial charge in [-0.2, -0.15) is 0 Å².